The van der Waals surface area contributed by atoms with E-state index in [-0.39, 0.29) is 15.9 Å². The van der Waals surface area contributed by atoms with Gasteiger partial charge in [-0.05, 0) is 29.8 Å². The Morgan fingerprint density at radius 1 is 1.13 bits per heavy atom. The highest BCUT2D eigenvalue weighted by molar-refractivity contribution is 9.09. The molecule has 9 heteroatoms. The molecule has 2 rings (SSSR count). The summed E-state index contributed by atoms with van der Waals surface area (Å²) in [6.07, 6.45) is 0. The summed E-state index contributed by atoms with van der Waals surface area (Å²) in [6, 6.07) is 13.5. The minimum absolute atomic E-state index is 0.0486. The van der Waals surface area contributed by atoms with E-state index in [0.717, 1.165) is 0 Å². The molecule has 2 aromatic rings. The molecule has 0 saturated carbocycles. The predicted octanol–water partition coefficient (Wildman–Crippen LogP) is 2.67. The largest absolute Gasteiger partial charge is 0.276 e. The van der Waals surface area contributed by atoms with Crippen LogP contribution in [0.5, 0.6) is 0 Å². The highest BCUT2D eigenvalue weighted by atomic mass is 79.9. The Morgan fingerprint density at radius 2 is 1.74 bits per heavy atom. The Kier molecular flexibility index (Phi) is 5.45. The zero-order valence-corrected chi connectivity index (χ0v) is 14.1. The Bertz CT molecular complexity index is 821. The van der Waals surface area contributed by atoms with Crippen LogP contribution < -0.4 is 4.83 Å². The average molecular weight is 398 g/mol. The van der Waals surface area contributed by atoms with Gasteiger partial charge in [0.25, 0.3) is 15.7 Å². The summed E-state index contributed by atoms with van der Waals surface area (Å²) < 4.78 is 24.2. The summed E-state index contributed by atoms with van der Waals surface area (Å²) in [6.45, 7) is 0. The molecule has 0 fully saturated rings. The van der Waals surface area contributed by atoms with Crippen LogP contribution in [0.15, 0.2) is 64.6 Å². The maximum absolute atomic E-state index is 12.1. The molecule has 0 aromatic heterocycles. The second kappa shape index (κ2) is 7.34. The third kappa shape index (κ3) is 4.36. The van der Waals surface area contributed by atoms with E-state index in [4.69, 9.17) is 0 Å². The van der Waals surface area contributed by atoms with E-state index in [1.165, 1.54) is 36.4 Å². The molecule has 0 radical (unpaired) electrons. The number of nitro groups is 1. The molecule has 2 aromatic carbocycles. The van der Waals surface area contributed by atoms with Crippen LogP contribution in [0.2, 0.25) is 0 Å². The maximum atomic E-state index is 12.1. The topological polar surface area (TPSA) is 102 Å². The SMILES string of the molecule is O=[N+]([O-])c1ccc(/C(CBr)=N/NS(=O)(=O)c2ccccc2)cc1. The minimum Gasteiger partial charge on any atom is -0.258 e. The first kappa shape index (κ1) is 17.1. The lowest BCUT2D eigenvalue weighted by Gasteiger charge is -2.06. The fourth-order valence-electron chi connectivity index (χ4n) is 1.71. The molecule has 0 atom stereocenters. The molecular formula is C14H12BrN3O4S. The summed E-state index contributed by atoms with van der Waals surface area (Å²) in [5.41, 5.74) is 0.926. The van der Waals surface area contributed by atoms with Crippen molar-refractivity contribution < 1.29 is 13.3 Å². The lowest BCUT2D eigenvalue weighted by molar-refractivity contribution is -0.384. The van der Waals surface area contributed by atoms with Gasteiger partial charge in [-0.25, -0.2) is 0 Å². The second-order valence-corrected chi connectivity index (χ2v) is 6.63. The van der Waals surface area contributed by atoms with Gasteiger partial charge in [-0.2, -0.15) is 18.4 Å². The zero-order valence-electron chi connectivity index (χ0n) is 11.7. The molecular weight excluding hydrogens is 386 g/mol. The number of nitrogens with one attached hydrogen (secondary N) is 1. The number of nitro benzene ring substituents is 1. The van der Waals surface area contributed by atoms with E-state index in [1.807, 2.05) is 0 Å². The summed E-state index contributed by atoms with van der Waals surface area (Å²) in [7, 11) is -3.76. The van der Waals surface area contributed by atoms with Gasteiger partial charge in [0.05, 0.1) is 15.5 Å². The van der Waals surface area contributed by atoms with Crippen LogP contribution in [0.4, 0.5) is 5.69 Å². The lowest BCUT2D eigenvalue weighted by atomic mass is 10.1. The van der Waals surface area contributed by atoms with Crippen LogP contribution in [0.1, 0.15) is 5.56 Å². The van der Waals surface area contributed by atoms with Gasteiger partial charge in [-0.15, -0.1) is 0 Å². The van der Waals surface area contributed by atoms with Gasteiger partial charge in [-0.3, -0.25) is 10.1 Å². The van der Waals surface area contributed by atoms with Crippen molar-refractivity contribution in [2.75, 3.05) is 5.33 Å². The highest BCUT2D eigenvalue weighted by Crippen LogP contribution is 2.14. The average Bonchev–Trinajstić information content (AvgIpc) is 2.56. The number of nitrogens with zero attached hydrogens (tertiary/aromatic N) is 2. The fraction of sp³-hybridized carbons (Fsp3) is 0.0714. The summed E-state index contributed by atoms with van der Waals surface area (Å²) in [4.78, 5) is 12.4. The van der Waals surface area contributed by atoms with Crippen LogP contribution in [-0.2, 0) is 10.0 Å². The first-order valence-corrected chi connectivity index (χ1v) is 8.99. The van der Waals surface area contributed by atoms with E-state index in [9.17, 15) is 18.5 Å². The predicted molar refractivity (Wildman–Crippen MR) is 90.2 cm³/mol. The number of non-ortho nitro benzene ring substituents is 1. The molecule has 0 aliphatic rings. The Labute approximate surface area is 141 Å². The first-order valence-electron chi connectivity index (χ1n) is 6.38. The van der Waals surface area contributed by atoms with Crippen molar-refractivity contribution in [3.8, 4) is 0 Å². The number of benzene rings is 2. The van der Waals surface area contributed by atoms with E-state index < -0.39 is 14.9 Å². The van der Waals surface area contributed by atoms with Crippen molar-refractivity contribution in [3.63, 3.8) is 0 Å². The third-order valence-corrected chi connectivity index (χ3v) is 4.65. The minimum atomic E-state index is -3.76. The zero-order chi connectivity index (χ0) is 16.9. The number of sulfonamides is 1. The molecule has 0 unspecified atom stereocenters. The standard InChI is InChI=1S/C14H12BrN3O4S/c15-10-14(11-6-8-12(9-7-11)18(19)20)16-17-23(21,22)13-4-2-1-3-5-13/h1-9,17H,10H2/b16-14+. The van der Waals surface area contributed by atoms with E-state index >= 15 is 0 Å². The molecule has 120 valence electrons. The number of halogens is 1. The van der Waals surface area contributed by atoms with E-state index in [0.29, 0.717) is 11.3 Å². The lowest BCUT2D eigenvalue weighted by Crippen LogP contribution is -2.21. The van der Waals surface area contributed by atoms with Crippen molar-refractivity contribution >= 4 is 37.4 Å². The van der Waals surface area contributed by atoms with Crippen molar-refractivity contribution in [1.82, 2.24) is 4.83 Å². The molecule has 0 bridgehead atoms. The summed E-state index contributed by atoms with van der Waals surface area (Å²) in [5.74, 6) is 0. The van der Waals surface area contributed by atoms with Gasteiger partial charge >= 0.3 is 0 Å². The number of hydrogen-bond acceptors (Lipinski definition) is 5. The van der Waals surface area contributed by atoms with Gasteiger partial charge in [0, 0.05) is 17.5 Å². The molecule has 0 aliphatic carbocycles. The number of rotatable bonds is 6. The van der Waals surface area contributed by atoms with Crippen molar-refractivity contribution in [3.05, 3.63) is 70.3 Å². The Balaban J connectivity index is 2.24. The molecule has 0 amide bonds. The molecule has 0 heterocycles. The van der Waals surface area contributed by atoms with Gasteiger partial charge < -0.3 is 0 Å². The third-order valence-electron chi connectivity index (χ3n) is 2.89. The van der Waals surface area contributed by atoms with Gasteiger partial charge in [0.1, 0.15) is 0 Å². The fourth-order valence-corrected chi connectivity index (χ4v) is 3.01. The number of hydrogen-bond donors (Lipinski definition) is 1. The molecule has 7 nitrogen and oxygen atoms in total. The van der Waals surface area contributed by atoms with Crippen LogP contribution in [0.25, 0.3) is 0 Å². The Morgan fingerprint density at radius 3 is 2.26 bits per heavy atom. The normalized spacial score (nSPS) is 12.0. The van der Waals surface area contributed by atoms with Crippen LogP contribution in [0, 0.1) is 10.1 Å². The smallest absolute Gasteiger partial charge is 0.258 e. The number of hydrazone groups is 1. The van der Waals surface area contributed by atoms with Crippen molar-refractivity contribution in [2.45, 2.75) is 4.90 Å². The molecule has 0 aliphatic heterocycles. The van der Waals surface area contributed by atoms with E-state index in [2.05, 4.69) is 25.9 Å². The molecule has 0 spiro atoms. The van der Waals surface area contributed by atoms with Crippen LogP contribution in [0.3, 0.4) is 0 Å². The van der Waals surface area contributed by atoms with Crippen molar-refractivity contribution in [2.24, 2.45) is 5.10 Å². The van der Waals surface area contributed by atoms with Gasteiger partial charge in [0.15, 0.2) is 0 Å². The van der Waals surface area contributed by atoms with Crippen LogP contribution in [-0.4, -0.2) is 24.4 Å². The second-order valence-electron chi connectivity index (χ2n) is 4.40. The monoisotopic (exact) mass is 397 g/mol. The number of alkyl halides is 1. The van der Waals surface area contributed by atoms with Gasteiger partial charge in [-0.1, -0.05) is 34.1 Å². The maximum Gasteiger partial charge on any atom is 0.276 e. The van der Waals surface area contributed by atoms with Crippen molar-refractivity contribution in [1.29, 1.82) is 0 Å². The van der Waals surface area contributed by atoms with Gasteiger partial charge in [0.2, 0.25) is 0 Å². The quantitative estimate of drug-likeness (QED) is 0.350. The molecule has 0 saturated heterocycles. The summed E-state index contributed by atoms with van der Waals surface area (Å²) in [5, 5.41) is 14.8. The first-order chi connectivity index (χ1) is 10.9. The Hall–Kier alpha value is -2.26. The highest BCUT2D eigenvalue weighted by Gasteiger charge is 2.13. The molecule has 23 heavy (non-hydrogen) atoms. The summed E-state index contributed by atoms with van der Waals surface area (Å²) >= 11 is 3.22. The van der Waals surface area contributed by atoms with E-state index in [1.54, 1.807) is 18.2 Å². The van der Waals surface area contributed by atoms with Crippen LogP contribution >= 0.6 is 15.9 Å². The molecule has 1 N–H and O–H groups in total.